The molecule has 0 spiro atoms. The number of nitrogens with zero attached hydrogens (tertiary/aromatic N) is 2. The molecule has 0 radical (unpaired) electrons. The van der Waals surface area contributed by atoms with E-state index in [9.17, 15) is 21.6 Å². The van der Waals surface area contributed by atoms with E-state index in [2.05, 4.69) is 14.7 Å². The molecule has 1 N–H and O–H groups in total. The SMILES string of the molecule is CNS(=O)(=O)c1ccc(Oc2ccc(C(F)(F)F)cc2)c(-c2ccc3nccnc3c2)c1. The Labute approximate surface area is 181 Å². The van der Waals surface area contributed by atoms with Crippen molar-refractivity contribution in [3.05, 3.63) is 78.6 Å². The Hall–Kier alpha value is -3.50. The average molecular weight is 459 g/mol. The number of fused-ring (bicyclic) bond motifs is 1. The minimum atomic E-state index is -4.46. The average Bonchev–Trinajstić information content (AvgIpc) is 2.78. The molecule has 1 aromatic heterocycles. The van der Waals surface area contributed by atoms with Gasteiger partial charge in [-0.15, -0.1) is 0 Å². The summed E-state index contributed by atoms with van der Waals surface area (Å²) in [5.41, 5.74) is 1.48. The summed E-state index contributed by atoms with van der Waals surface area (Å²) in [5.74, 6) is 0.437. The van der Waals surface area contributed by atoms with Crippen LogP contribution in [0.25, 0.3) is 22.2 Å². The summed E-state index contributed by atoms with van der Waals surface area (Å²) in [7, 11) is -2.44. The monoisotopic (exact) mass is 459 g/mol. The van der Waals surface area contributed by atoms with Crippen LogP contribution >= 0.6 is 0 Å². The highest BCUT2D eigenvalue weighted by Gasteiger charge is 2.30. The number of benzene rings is 3. The Morgan fingerprint density at radius 2 is 1.56 bits per heavy atom. The van der Waals surface area contributed by atoms with Gasteiger partial charge in [-0.2, -0.15) is 13.2 Å². The maximum atomic E-state index is 12.8. The van der Waals surface area contributed by atoms with Crippen molar-refractivity contribution in [1.82, 2.24) is 14.7 Å². The Kier molecular flexibility index (Phi) is 5.57. The number of halogens is 3. The first-order chi connectivity index (χ1) is 15.2. The fourth-order valence-electron chi connectivity index (χ4n) is 3.08. The van der Waals surface area contributed by atoms with Gasteiger partial charge in [0.05, 0.1) is 21.5 Å². The zero-order chi connectivity index (χ0) is 22.9. The predicted octanol–water partition coefficient (Wildman–Crippen LogP) is 5.02. The lowest BCUT2D eigenvalue weighted by atomic mass is 10.0. The summed E-state index contributed by atoms with van der Waals surface area (Å²) < 4.78 is 71.2. The maximum Gasteiger partial charge on any atom is 0.416 e. The number of hydrogen-bond donors (Lipinski definition) is 1. The largest absolute Gasteiger partial charge is 0.457 e. The summed E-state index contributed by atoms with van der Waals surface area (Å²) in [6.45, 7) is 0. The molecule has 3 aromatic carbocycles. The fourth-order valence-corrected chi connectivity index (χ4v) is 3.83. The van der Waals surface area contributed by atoms with E-state index in [0.717, 1.165) is 12.1 Å². The van der Waals surface area contributed by atoms with Crippen LogP contribution in [0.2, 0.25) is 0 Å². The minimum Gasteiger partial charge on any atom is -0.457 e. The van der Waals surface area contributed by atoms with Gasteiger partial charge in [-0.25, -0.2) is 13.1 Å². The quantitative estimate of drug-likeness (QED) is 0.454. The third-order valence-electron chi connectivity index (χ3n) is 4.72. The lowest BCUT2D eigenvalue weighted by Gasteiger charge is -2.14. The van der Waals surface area contributed by atoms with Crippen molar-refractivity contribution >= 4 is 21.1 Å². The summed E-state index contributed by atoms with van der Waals surface area (Å²) in [6.07, 6.45) is -1.37. The molecule has 0 atom stereocenters. The van der Waals surface area contributed by atoms with Crippen LogP contribution in [0.4, 0.5) is 13.2 Å². The Bertz CT molecular complexity index is 1390. The van der Waals surface area contributed by atoms with E-state index in [1.54, 1.807) is 24.4 Å². The summed E-state index contributed by atoms with van der Waals surface area (Å²) in [4.78, 5) is 8.48. The number of nitrogens with one attached hydrogen (secondary N) is 1. The topological polar surface area (TPSA) is 81.2 Å². The second-order valence-corrected chi connectivity index (χ2v) is 8.64. The standard InChI is InChI=1S/C22H16F3N3O3S/c1-26-32(29,30)17-7-9-21(31-16-5-3-15(4-6-16)22(23,24)25)18(13-17)14-2-8-19-20(12-14)28-11-10-27-19/h2-13,26H,1H3. The van der Waals surface area contributed by atoms with Crippen molar-refractivity contribution in [3.63, 3.8) is 0 Å². The fraction of sp³-hybridized carbons (Fsp3) is 0.0909. The van der Waals surface area contributed by atoms with Gasteiger partial charge in [0.1, 0.15) is 11.5 Å². The Morgan fingerprint density at radius 1 is 0.875 bits per heavy atom. The van der Waals surface area contributed by atoms with Crippen molar-refractivity contribution in [1.29, 1.82) is 0 Å². The van der Waals surface area contributed by atoms with Crippen molar-refractivity contribution < 1.29 is 26.3 Å². The van der Waals surface area contributed by atoms with Gasteiger partial charge < -0.3 is 4.74 Å². The third-order valence-corrected chi connectivity index (χ3v) is 6.13. The second-order valence-electron chi connectivity index (χ2n) is 6.75. The van der Waals surface area contributed by atoms with Crippen molar-refractivity contribution in [2.75, 3.05) is 7.05 Å². The molecule has 0 bridgehead atoms. The number of hydrogen-bond acceptors (Lipinski definition) is 5. The first-order valence-corrected chi connectivity index (χ1v) is 10.8. The first kappa shape index (κ1) is 21.7. The Balaban J connectivity index is 1.81. The van der Waals surface area contributed by atoms with Gasteiger partial charge >= 0.3 is 6.18 Å². The van der Waals surface area contributed by atoms with Crippen LogP contribution in [0, 0.1) is 0 Å². The number of sulfonamides is 1. The molecule has 0 unspecified atom stereocenters. The molecule has 0 aliphatic heterocycles. The van der Waals surface area contributed by atoms with E-state index in [-0.39, 0.29) is 16.4 Å². The van der Waals surface area contributed by atoms with Gasteiger partial charge in [0.25, 0.3) is 0 Å². The predicted molar refractivity (Wildman–Crippen MR) is 113 cm³/mol. The molecule has 10 heteroatoms. The number of ether oxygens (including phenoxy) is 1. The van der Waals surface area contributed by atoms with Crippen LogP contribution in [0.5, 0.6) is 11.5 Å². The van der Waals surface area contributed by atoms with E-state index in [1.807, 2.05) is 0 Å². The highest BCUT2D eigenvalue weighted by molar-refractivity contribution is 7.89. The summed E-state index contributed by atoms with van der Waals surface area (Å²) in [5, 5.41) is 0. The molecular formula is C22H16F3N3O3S. The number of alkyl halides is 3. The molecule has 4 aromatic rings. The van der Waals surface area contributed by atoms with Crippen LogP contribution in [-0.2, 0) is 16.2 Å². The van der Waals surface area contributed by atoms with E-state index >= 15 is 0 Å². The molecule has 0 fully saturated rings. The maximum absolute atomic E-state index is 12.8. The molecule has 32 heavy (non-hydrogen) atoms. The number of rotatable bonds is 5. The molecule has 0 amide bonds. The highest BCUT2D eigenvalue weighted by Crippen LogP contribution is 2.37. The van der Waals surface area contributed by atoms with Crippen LogP contribution in [-0.4, -0.2) is 25.4 Å². The van der Waals surface area contributed by atoms with Gasteiger partial charge in [0.15, 0.2) is 0 Å². The molecule has 1 heterocycles. The van der Waals surface area contributed by atoms with Crippen molar-refractivity contribution in [3.8, 4) is 22.6 Å². The summed E-state index contributed by atoms with van der Waals surface area (Å²) in [6, 6.07) is 13.7. The van der Waals surface area contributed by atoms with Gasteiger partial charge in [-0.1, -0.05) is 6.07 Å². The van der Waals surface area contributed by atoms with Crippen LogP contribution in [0.3, 0.4) is 0 Å². The van der Waals surface area contributed by atoms with E-state index in [4.69, 9.17) is 4.74 Å². The first-order valence-electron chi connectivity index (χ1n) is 9.31. The molecule has 0 aliphatic carbocycles. The third kappa shape index (κ3) is 4.41. The van der Waals surface area contributed by atoms with Crippen molar-refractivity contribution in [2.45, 2.75) is 11.1 Å². The molecule has 164 valence electrons. The molecule has 6 nitrogen and oxygen atoms in total. The van der Waals surface area contributed by atoms with E-state index in [1.165, 1.54) is 43.6 Å². The van der Waals surface area contributed by atoms with E-state index in [0.29, 0.717) is 22.2 Å². The molecule has 0 saturated carbocycles. The minimum absolute atomic E-state index is 0.00834. The van der Waals surface area contributed by atoms with Crippen LogP contribution in [0.1, 0.15) is 5.56 Å². The molecule has 4 rings (SSSR count). The smallest absolute Gasteiger partial charge is 0.416 e. The molecule has 0 saturated heterocycles. The number of aromatic nitrogens is 2. The van der Waals surface area contributed by atoms with Crippen LogP contribution < -0.4 is 9.46 Å². The normalized spacial score (nSPS) is 12.1. The van der Waals surface area contributed by atoms with Gasteiger partial charge in [0, 0.05) is 18.0 Å². The summed E-state index contributed by atoms with van der Waals surface area (Å²) >= 11 is 0. The van der Waals surface area contributed by atoms with Crippen LogP contribution in [0.15, 0.2) is 78.0 Å². The van der Waals surface area contributed by atoms with Crippen molar-refractivity contribution in [2.24, 2.45) is 0 Å². The molecular weight excluding hydrogens is 443 g/mol. The Morgan fingerprint density at radius 3 is 2.22 bits per heavy atom. The van der Waals surface area contributed by atoms with E-state index < -0.39 is 21.8 Å². The van der Waals surface area contributed by atoms with Gasteiger partial charge in [-0.05, 0) is 67.2 Å². The van der Waals surface area contributed by atoms with Gasteiger partial charge in [-0.3, -0.25) is 9.97 Å². The highest BCUT2D eigenvalue weighted by atomic mass is 32.2. The zero-order valence-electron chi connectivity index (χ0n) is 16.6. The zero-order valence-corrected chi connectivity index (χ0v) is 17.4. The lowest BCUT2D eigenvalue weighted by Crippen LogP contribution is -2.18. The lowest BCUT2D eigenvalue weighted by molar-refractivity contribution is -0.137. The second kappa shape index (κ2) is 8.21. The molecule has 0 aliphatic rings. The van der Waals surface area contributed by atoms with Gasteiger partial charge in [0.2, 0.25) is 10.0 Å².